The third kappa shape index (κ3) is 4.58. The number of hydrogen-bond acceptors (Lipinski definition) is 9. The summed E-state index contributed by atoms with van der Waals surface area (Å²) in [5.41, 5.74) is -0.573. The van der Waals surface area contributed by atoms with Crippen molar-refractivity contribution in [2.45, 2.75) is 13.8 Å². The van der Waals surface area contributed by atoms with Crippen molar-refractivity contribution in [2.24, 2.45) is 0 Å². The number of quaternary nitrogens is 1. The molecule has 1 atom stereocenters. The standard InChI is InChI=1S/C19H15NO9/c1-10(21)27-14-7-15-18(16(8-14)28-11(2)22)19(23)17(9-26-15)29-13-5-3-12(4-6-13)20(24)25/h3-9,20,24H,1-2H3. The van der Waals surface area contributed by atoms with Gasteiger partial charge < -0.3 is 23.8 Å². The first kappa shape index (κ1) is 20.0. The van der Waals surface area contributed by atoms with Gasteiger partial charge in [-0.2, -0.15) is 5.23 Å². The van der Waals surface area contributed by atoms with E-state index in [1.807, 2.05) is 0 Å². The van der Waals surface area contributed by atoms with Crippen LogP contribution < -0.4 is 24.9 Å². The number of ether oxygens (including phenoxy) is 3. The predicted octanol–water partition coefficient (Wildman–Crippen LogP) is 1.84. The van der Waals surface area contributed by atoms with Gasteiger partial charge in [-0.15, -0.1) is 0 Å². The van der Waals surface area contributed by atoms with E-state index in [2.05, 4.69) is 0 Å². The fraction of sp³-hybridized carbons (Fsp3) is 0.105. The van der Waals surface area contributed by atoms with Gasteiger partial charge in [0.1, 0.15) is 34.5 Å². The van der Waals surface area contributed by atoms with Crippen molar-refractivity contribution in [3.63, 3.8) is 0 Å². The highest BCUT2D eigenvalue weighted by Gasteiger charge is 2.18. The molecule has 1 aromatic heterocycles. The topological polar surface area (TPSA) is 140 Å². The maximum absolute atomic E-state index is 12.9. The minimum Gasteiger partial charge on any atom is -0.595 e. The third-order valence-corrected chi connectivity index (χ3v) is 3.63. The van der Waals surface area contributed by atoms with Crippen molar-refractivity contribution >= 4 is 28.6 Å². The van der Waals surface area contributed by atoms with Crippen molar-refractivity contribution in [3.8, 4) is 23.0 Å². The molecule has 0 aliphatic carbocycles. The Morgan fingerprint density at radius 2 is 1.66 bits per heavy atom. The molecule has 2 N–H and O–H groups in total. The van der Waals surface area contributed by atoms with Gasteiger partial charge in [0.25, 0.3) is 0 Å². The van der Waals surface area contributed by atoms with E-state index in [-0.39, 0.29) is 39.7 Å². The first-order chi connectivity index (χ1) is 13.7. The van der Waals surface area contributed by atoms with Crippen LogP contribution in [0.15, 0.2) is 51.9 Å². The maximum Gasteiger partial charge on any atom is 0.308 e. The smallest absolute Gasteiger partial charge is 0.308 e. The van der Waals surface area contributed by atoms with E-state index in [0.717, 1.165) is 13.2 Å². The van der Waals surface area contributed by atoms with Gasteiger partial charge in [0.05, 0.1) is 0 Å². The van der Waals surface area contributed by atoms with Crippen LogP contribution in [0.3, 0.4) is 0 Å². The zero-order valence-corrected chi connectivity index (χ0v) is 15.3. The lowest BCUT2D eigenvalue weighted by molar-refractivity contribution is -0.991. The molecule has 0 radical (unpaired) electrons. The van der Waals surface area contributed by atoms with Gasteiger partial charge in [0, 0.05) is 38.1 Å². The van der Waals surface area contributed by atoms with Gasteiger partial charge in [-0.05, 0) is 12.1 Å². The summed E-state index contributed by atoms with van der Waals surface area (Å²) >= 11 is 0. The molecular formula is C19H15NO9. The second-order valence-corrected chi connectivity index (χ2v) is 5.84. The van der Waals surface area contributed by atoms with E-state index in [0.29, 0.717) is 0 Å². The average Bonchev–Trinajstić information content (AvgIpc) is 2.63. The van der Waals surface area contributed by atoms with E-state index < -0.39 is 22.6 Å². The summed E-state index contributed by atoms with van der Waals surface area (Å²) in [5.74, 6) is -1.44. The number of carbonyl (C=O) groups excluding carboxylic acids is 2. The summed E-state index contributed by atoms with van der Waals surface area (Å²) in [4.78, 5) is 35.5. The monoisotopic (exact) mass is 401 g/mol. The first-order valence-electron chi connectivity index (χ1n) is 8.22. The molecule has 0 fully saturated rings. The molecule has 0 aliphatic heterocycles. The maximum atomic E-state index is 12.9. The van der Waals surface area contributed by atoms with Gasteiger partial charge in [-0.3, -0.25) is 14.4 Å². The molecule has 1 heterocycles. The molecule has 3 aromatic rings. The quantitative estimate of drug-likeness (QED) is 0.372. The molecule has 2 aromatic carbocycles. The Bertz CT molecular complexity index is 1130. The molecular weight excluding hydrogens is 386 g/mol. The third-order valence-electron chi connectivity index (χ3n) is 3.63. The SMILES string of the molecule is CC(=O)Oc1cc(OC(C)=O)c2c(=O)c(Oc3ccc([NH+]([O-])O)cc3)coc2c1. The lowest BCUT2D eigenvalue weighted by atomic mass is 10.2. The highest BCUT2D eigenvalue weighted by atomic mass is 16.8. The zero-order valence-electron chi connectivity index (χ0n) is 15.3. The fourth-order valence-corrected chi connectivity index (χ4v) is 2.50. The van der Waals surface area contributed by atoms with Crippen molar-refractivity contribution in [2.75, 3.05) is 0 Å². The second kappa shape index (κ2) is 8.10. The molecule has 29 heavy (non-hydrogen) atoms. The first-order valence-corrected chi connectivity index (χ1v) is 8.22. The molecule has 0 spiro atoms. The Morgan fingerprint density at radius 3 is 2.24 bits per heavy atom. The van der Waals surface area contributed by atoms with Crippen LogP contribution in [0.1, 0.15) is 13.8 Å². The largest absolute Gasteiger partial charge is 0.595 e. The van der Waals surface area contributed by atoms with Crippen LogP contribution in [0, 0.1) is 5.21 Å². The molecule has 0 aliphatic rings. The number of benzene rings is 2. The second-order valence-electron chi connectivity index (χ2n) is 5.84. The molecule has 0 saturated heterocycles. The average molecular weight is 401 g/mol. The minimum absolute atomic E-state index is 0.0126. The van der Waals surface area contributed by atoms with Crippen LogP contribution in [0.5, 0.6) is 23.0 Å². The fourth-order valence-electron chi connectivity index (χ4n) is 2.50. The highest BCUT2D eigenvalue weighted by Crippen LogP contribution is 2.32. The van der Waals surface area contributed by atoms with Crippen molar-refractivity contribution in [1.29, 1.82) is 0 Å². The Balaban J connectivity index is 2.06. The molecule has 1 unspecified atom stereocenters. The van der Waals surface area contributed by atoms with Gasteiger partial charge in [-0.1, -0.05) is 0 Å². The highest BCUT2D eigenvalue weighted by molar-refractivity contribution is 5.89. The van der Waals surface area contributed by atoms with E-state index in [1.165, 1.54) is 43.3 Å². The van der Waals surface area contributed by atoms with Crippen LogP contribution >= 0.6 is 0 Å². The Kier molecular flexibility index (Phi) is 5.59. The molecule has 0 bridgehead atoms. The lowest BCUT2D eigenvalue weighted by Gasteiger charge is -2.12. The summed E-state index contributed by atoms with van der Waals surface area (Å²) in [6.45, 7) is 2.34. The Hall–Kier alpha value is -3.73. The number of carbonyl (C=O) groups is 2. The van der Waals surface area contributed by atoms with Crippen LogP contribution in [0.25, 0.3) is 11.0 Å². The number of hydrogen-bond donors (Lipinski definition) is 2. The van der Waals surface area contributed by atoms with Gasteiger partial charge >= 0.3 is 11.9 Å². The van der Waals surface area contributed by atoms with E-state index in [1.54, 1.807) is 0 Å². The van der Waals surface area contributed by atoms with Gasteiger partial charge in [-0.25, -0.2) is 5.21 Å². The molecule has 10 heteroatoms. The molecule has 3 rings (SSSR count). The summed E-state index contributed by atoms with van der Waals surface area (Å²) in [6.07, 6.45) is 1.05. The van der Waals surface area contributed by atoms with Crippen molar-refractivity contribution in [3.05, 3.63) is 58.1 Å². The lowest BCUT2D eigenvalue weighted by Crippen LogP contribution is -2.99. The summed E-state index contributed by atoms with van der Waals surface area (Å²) < 4.78 is 20.9. The number of rotatable bonds is 5. The molecule has 0 saturated carbocycles. The molecule has 0 amide bonds. The Labute approximate surface area is 163 Å². The summed E-state index contributed by atoms with van der Waals surface area (Å²) in [6, 6.07) is 7.91. The van der Waals surface area contributed by atoms with Crippen LogP contribution in [0.2, 0.25) is 0 Å². The van der Waals surface area contributed by atoms with E-state index >= 15 is 0 Å². The van der Waals surface area contributed by atoms with E-state index in [4.69, 9.17) is 23.8 Å². The molecule has 150 valence electrons. The normalized spacial score (nSPS) is 11.7. The molecule has 10 nitrogen and oxygen atoms in total. The van der Waals surface area contributed by atoms with E-state index in [9.17, 15) is 19.6 Å². The van der Waals surface area contributed by atoms with Crippen molar-refractivity contribution in [1.82, 2.24) is 0 Å². The van der Waals surface area contributed by atoms with Crippen LogP contribution in [-0.2, 0) is 9.59 Å². The summed E-state index contributed by atoms with van der Waals surface area (Å²) in [7, 11) is 0. The number of esters is 2. The van der Waals surface area contributed by atoms with Gasteiger partial charge in [0.2, 0.25) is 11.2 Å². The minimum atomic E-state index is -1.10. The van der Waals surface area contributed by atoms with Crippen molar-refractivity contribution < 1.29 is 38.7 Å². The predicted molar refractivity (Wildman–Crippen MR) is 97.4 cm³/mol. The van der Waals surface area contributed by atoms with Crippen LogP contribution in [-0.4, -0.2) is 17.1 Å². The number of nitrogens with one attached hydrogen (secondary N) is 1. The summed E-state index contributed by atoms with van der Waals surface area (Å²) in [5, 5.41) is 18.7. The van der Waals surface area contributed by atoms with Gasteiger partial charge in [0.15, 0.2) is 5.69 Å². The Morgan fingerprint density at radius 1 is 1.00 bits per heavy atom. The zero-order chi connectivity index (χ0) is 21.1. The number of fused-ring (bicyclic) bond motifs is 1. The van der Waals surface area contributed by atoms with Crippen LogP contribution in [0.4, 0.5) is 5.69 Å².